The summed E-state index contributed by atoms with van der Waals surface area (Å²) in [5.74, 6) is 2.53. The van der Waals surface area contributed by atoms with Crippen LogP contribution in [0.4, 0.5) is 11.8 Å². The number of para-hydroxylation sites is 1. The van der Waals surface area contributed by atoms with Gasteiger partial charge < -0.3 is 15.5 Å². The monoisotopic (exact) mass is 445 g/mol. The Bertz CT molecular complexity index is 980. The molecule has 1 aliphatic rings. The van der Waals surface area contributed by atoms with E-state index in [1.807, 2.05) is 26.2 Å². The van der Waals surface area contributed by atoms with Gasteiger partial charge in [0.05, 0.1) is 5.52 Å². The van der Waals surface area contributed by atoms with E-state index < -0.39 is 0 Å². The number of fused-ring (bicyclic) bond motifs is 1. The number of aryl methyl sites for hydroxylation is 1. The van der Waals surface area contributed by atoms with Gasteiger partial charge in [0.15, 0.2) is 0 Å². The lowest BCUT2D eigenvalue weighted by molar-refractivity contribution is 0.323. The third-order valence-corrected chi connectivity index (χ3v) is 6.78. The maximum atomic E-state index is 4.81. The van der Waals surface area contributed by atoms with Crippen molar-refractivity contribution < 1.29 is 0 Å². The van der Waals surface area contributed by atoms with Gasteiger partial charge >= 0.3 is 0 Å². The van der Waals surface area contributed by atoms with Crippen LogP contribution in [0.15, 0.2) is 54.6 Å². The number of rotatable bonds is 11. The van der Waals surface area contributed by atoms with Crippen LogP contribution in [-0.2, 0) is 6.42 Å². The number of anilines is 2. The summed E-state index contributed by atoms with van der Waals surface area (Å²) in [4.78, 5) is 11.7. The molecule has 33 heavy (non-hydrogen) atoms. The predicted molar refractivity (Wildman–Crippen MR) is 140 cm³/mol. The van der Waals surface area contributed by atoms with Crippen LogP contribution in [-0.4, -0.2) is 43.2 Å². The second kappa shape index (κ2) is 12.0. The second-order valence-electron chi connectivity index (χ2n) is 9.64. The highest BCUT2D eigenvalue weighted by Crippen LogP contribution is 2.28. The molecule has 0 atom stereocenters. The first-order valence-corrected chi connectivity index (χ1v) is 12.6. The fourth-order valence-corrected chi connectivity index (χ4v) is 4.87. The highest BCUT2D eigenvalue weighted by Gasteiger charge is 2.22. The average molecular weight is 446 g/mol. The van der Waals surface area contributed by atoms with E-state index in [2.05, 4.69) is 58.0 Å². The van der Waals surface area contributed by atoms with E-state index in [1.165, 1.54) is 56.9 Å². The lowest BCUT2D eigenvalue weighted by Crippen LogP contribution is -2.32. The van der Waals surface area contributed by atoms with Gasteiger partial charge in [-0.2, -0.15) is 4.98 Å². The van der Waals surface area contributed by atoms with E-state index >= 15 is 0 Å². The van der Waals surface area contributed by atoms with Crippen molar-refractivity contribution in [2.24, 2.45) is 5.92 Å². The first-order chi connectivity index (χ1) is 16.2. The van der Waals surface area contributed by atoms with Gasteiger partial charge in [-0.05, 0) is 81.6 Å². The zero-order valence-corrected chi connectivity index (χ0v) is 20.3. The van der Waals surface area contributed by atoms with Crippen molar-refractivity contribution >= 4 is 22.7 Å². The molecule has 0 unspecified atom stereocenters. The van der Waals surface area contributed by atoms with Gasteiger partial charge in [-0.3, -0.25) is 0 Å². The summed E-state index contributed by atoms with van der Waals surface area (Å²) in [6, 6.07) is 19.5. The van der Waals surface area contributed by atoms with Crippen molar-refractivity contribution in [2.45, 2.75) is 57.4 Å². The number of nitrogens with one attached hydrogen (secondary N) is 2. The van der Waals surface area contributed by atoms with Crippen LogP contribution in [0.2, 0.25) is 0 Å². The smallest absolute Gasteiger partial charge is 0.225 e. The largest absolute Gasteiger partial charge is 0.362 e. The fraction of sp³-hybridized carbons (Fsp3) is 0.500. The average Bonchev–Trinajstić information content (AvgIpc) is 2.84. The molecule has 1 heterocycles. The predicted octanol–water partition coefficient (Wildman–Crippen LogP) is 5.67. The van der Waals surface area contributed by atoms with Crippen LogP contribution in [0.5, 0.6) is 0 Å². The number of hydrogen-bond acceptors (Lipinski definition) is 5. The Kier molecular flexibility index (Phi) is 8.53. The topological polar surface area (TPSA) is 53.1 Å². The quantitative estimate of drug-likeness (QED) is 0.373. The molecule has 5 nitrogen and oxygen atoms in total. The van der Waals surface area contributed by atoms with Crippen LogP contribution < -0.4 is 15.5 Å². The maximum absolute atomic E-state index is 4.81. The van der Waals surface area contributed by atoms with Crippen LogP contribution in [0, 0.1) is 5.92 Å². The van der Waals surface area contributed by atoms with Gasteiger partial charge in [0.25, 0.3) is 0 Å². The van der Waals surface area contributed by atoms with E-state index in [0.717, 1.165) is 41.7 Å². The Morgan fingerprint density at radius 2 is 1.61 bits per heavy atom. The van der Waals surface area contributed by atoms with Crippen LogP contribution in [0.25, 0.3) is 10.9 Å². The van der Waals surface area contributed by atoms with Gasteiger partial charge in [-0.15, -0.1) is 0 Å². The molecular weight excluding hydrogens is 406 g/mol. The molecule has 2 aromatic carbocycles. The Morgan fingerprint density at radius 1 is 0.848 bits per heavy atom. The highest BCUT2D eigenvalue weighted by molar-refractivity contribution is 5.90. The molecule has 0 amide bonds. The zero-order valence-electron chi connectivity index (χ0n) is 20.3. The van der Waals surface area contributed by atoms with Crippen molar-refractivity contribution in [3.63, 3.8) is 0 Å². The van der Waals surface area contributed by atoms with E-state index in [0.29, 0.717) is 6.04 Å². The summed E-state index contributed by atoms with van der Waals surface area (Å²) in [6.07, 6.45) is 9.99. The Balaban J connectivity index is 1.14. The minimum atomic E-state index is 0.468. The van der Waals surface area contributed by atoms with Crippen LogP contribution in [0.1, 0.15) is 50.5 Å². The van der Waals surface area contributed by atoms with Gasteiger partial charge in [-0.25, -0.2) is 4.98 Å². The van der Waals surface area contributed by atoms with Gasteiger partial charge in [0.1, 0.15) is 5.82 Å². The van der Waals surface area contributed by atoms with Crippen molar-refractivity contribution in [1.29, 1.82) is 0 Å². The van der Waals surface area contributed by atoms with Crippen molar-refractivity contribution in [2.75, 3.05) is 37.4 Å². The summed E-state index contributed by atoms with van der Waals surface area (Å²) in [6.45, 7) is 2.30. The molecule has 4 rings (SSSR count). The normalized spacial score (nSPS) is 18.4. The Morgan fingerprint density at radius 3 is 2.39 bits per heavy atom. The first-order valence-electron chi connectivity index (χ1n) is 12.6. The summed E-state index contributed by atoms with van der Waals surface area (Å²) in [7, 11) is 4.08. The number of hydrogen-bond donors (Lipinski definition) is 2. The minimum Gasteiger partial charge on any atom is -0.362 e. The summed E-state index contributed by atoms with van der Waals surface area (Å²) < 4.78 is 0. The van der Waals surface area contributed by atoms with Crippen molar-refractivity contribution in [3.05, 3.63) is 60.2 Å². The standard InChI is InChI=1S/C28H39N5/c1-33(2)27-25-14-8-9-15-26(25)31-28(32-27)30-24-18-16-23(17-19-24)21-29-20-10-4-7-13-22-11-5-3-6-12-22/h3,5-6,8-9,11-12,14-15,23-24,29H,4,7,10,13,16-21H2,1-2H3,(H,30,31,32). The number of nitrogens with zero attached hydrogens (tertiary/aromatic N) is 3. The summed E-state index contributed by atoms with van der Waals surface area (Å²) in [5, 5.41) is 8.43. The molecule has 0 radical (unpaired) electrons. The fourth-order valence-electron chi connectivity index (χ4n) is 4.87. The maximum Gasteiger partial charge on any atom is 0.225 e. The molecule has 1 aliphatic carbocycles. The molecular formula is C28H39N5. The SMILES string of the molecule is CN(C)c1nc(NC2CCC(CNCCCCCc3ccccc3)CC2)nc2ccccc12. The molecule has 176 valence electrons. The van der Waals surface area contributed by atoms with Gasteiger partial charge in [-0.1, -0.05) is 48.9 Å². The van der Waals surface area contributed by atoms with Crippen molar-refractivity contribution in [1.82, 2.24) is 15.3 Å². The van der Waals surface area contributed by atoms with Gasteiger partial charge in [0.2, 0.25) is 5.95 Å². The molecule has 0 aliphatic heterocycles. The molecule has 1 fully saturated rings. The number of unbranched alkanes of at least 4 members (excludes halogenated alkanes) is 2. The second-order valence-corrected chi connectivity index (χ2v) is 9.64. The van der Waals surface area contributed by atoms with E-state index in [1.54, 1.807) is 0 Å². The lowest BCUT2D eigenvalue weighted by Gasteiger charge is -2.29. The van der Waals surface area contributed by atoms with E-state index in [9.17, 15) is 0 Å². The zero-order chi connectivity index (χ0) is 22.9. The van der Waals surface area contributed by atoms with Crippen molar-refractivity contribution in [3.8, 4) is 0 Å². The number of benzene rings is 2. The first kappa shape index (κ1) is 23.5. The molecule has 0 spiro atoms. The molecule has 5 heteroatoms. The van der Waals surface area contributed by atoms with E-state index in [4.69, 9.17) is 9.97 Å². The molecule has 1 saturated carbocycles. The Labute approximate surface area is 199 Å². The molecule has 1 aromatic heterocycles. The molecule has 2 N–H and O–H groups in total. The lowest BCUT2D eigenvalue weighted by atomic mass is 9.86. The summed E-state index contributed by atoms with van der Waals surface area (Å²) in [5.41, 5.74) is 2.46. The van der Waals surface area contributed by atoms with Gasteiger partial charge in [0, 0.05) is 25.5 Å². The Hall–Kier alpha value is -2.66. The van der Waals surface area contributed by atoms with Crippen LogP contribution in [0.3, 0.4) is 0 Å². The highest BCUT2D eigenvalue weighted by atomic mass is 15.2. The van der Waals surface area contributed by atoms with E-state index in [-0.39, 0.29) is 0 Å². The molecule has 3 aromatic rings. The number of aromatic nitrogens is 2. The summed E-state index contributed by atoms with van der Waals surface area (Å²) >= 11 is 0. The third kappa shape index (κ3) is 6.91. The molecule has 0 bridgehead atoms. The third-order valence-electron chi connectivity index (χ3n) is 6.78. The molecule has 0 saturated heterocycles. The minimum absolute atomic E-state index is 0.468. The van der Waals surface area contributed by atoms with Crippen LogP contribution >= 0.6 is 0 Å².